The number of carbonyl (C=O) groups excluding carboxylic acids is 1. The van der Waals surface area contributed by atoms with Crippen LogP contribution in [0.5, 0.6) is 5.75 Å². The van der Waals surface area contributed by atoms with Gasteiger partial charge >= 0.3 is 0 Å². The highest BCUT2D eigenvalue weighted by atomic mass is 35.5. The molecule has 4 rings (SSSR count). The number of carbonyl (C=O) groups is 1. The Morgan fingerprint density at radius 2 is 1.90 bits per heavy atom. The molecule has 0 atom stereocenters. The van der Waals surface area contributed by atoms with E-state index in [1.165, 1.54) is 11.3 Å². The monoisotopic (exact) mass is 453 g/mol. The van der Waals surface area contributed by atoms with Crippen molar-refractivity contribution in [2.24, 2.45) is 0 Å². The second-order valence-electron chi connectivity index (χ2n) is 7.46. The lowest BCUT2D eigenvalue weighted by atomic mass is 10.0. The fourth-order valence-corrected chi connectivity index (χ4v) is 4.73. The molecular weight excluding hydrogens is 430 g/mol. The zero-order chi connectivity index (χ0) is 22.0. The molecule has 0 aliphatic carbocycles. The van der Waals surface area contributed by atoms with E-state index in [0.717, 1.165) is 21.0 Å². The van der Waals surface area contributed by atoms with Crippen molar-refractivity contribution < 1.29 is 9.53 Å². The average Bonchev–Trinajstić information content (AvgIpc) is 3.16. The van der Waals surface area contributed by atoms with E-state index in [4.69, 9.17) is 21.3 Å². The number of benzene rings is 3. The van der Waals surface area contributed by atoms with Crippen LogP contribution in [0.1, 0.15) is 17.3 Å². The first kappa shape index (κ1) is 21.6. The number of amides is 1. The van der Waals surface area contributed by atoms with E-state index in [9.17, 15) is 4.79 Å². The van der Waals surface area contributed by atoms with Crippen LogP contribution in [-0.4, -0.2) is 49.6 Å². The number of fused-ring (bicyclic) bond motifs is 2. The van der Waals surface area contributed by atoms with E-state index in [0.29, 0.717) is 41.2 Å². The van der Waals surface area contributed by atoms with E-state index < -0.39 is 0 Å². The number of hydrogen-bond donors (Lipinski definition) is 0. The second kappa shape index (κ2) is 9.22. The first-order valence-corrected chi connectivity index (χ1v) is 11.3. The summed E-state index contributed by atoms with van der Waals surface area (Å²) in [7, 11) is 3.98. The first-order chi connectivity index (χ1) is 15.0. The molecular formula is C24H24ClN3O2S. The van der Waals surface area contributed by atoms with E-state index in [2.05, 4.69) is 4.90 Å². The van der Waals surface area contributed by atoms with Crippen LogP contribution >= 0.6 is 22.9 Å². The van der Waals surface area contributed by atoms with Crippen molar-refractivity contribution in [2.75, 3.05) is 38.7 Å². The Labute approximate surface area is 190 Å². The van der Waals surface area contributed by atoms with Crippen molar-refractivity contribution in [3.8, 4) is 5.75 Å². The predicted octanol–water partition coefficient (Wildman–Crippen LogP) is 5.71. The molecule has 4 aromatic rings. The number of ether oxygens (including phenoxy) is 1. The van der Waals surface area contributed by atoms with Crippen LogP contribution in [-0.2, 0) is 0 Å². The minimum atomic E-state index is -0.118. The third-order valence-corrected chi connectivity index (χ3v) is 6.27. The Kier molecular flexibility index (Phi) is 6.41. The maximum Gasteiger partial charge on any atom is 0.264 e. The Hall–Kier alpha value is -2.67. The number of hydrogen-bond acceptors (Lipinski definition) is 5. The third kappa shape index (κ3) is 4.51. The molecule has 0 radical (unpaired) electrons. The van der Waals surface area contributed by atoms with Crippen LogP contribution in [0.4, 0.5) is 5.13 Å². The fraction of sp³-hybridized carbons (Fsp3) is 0.250. The second-order valence-corrected chi connectivity index (χ2v) is 8.91. The summed E-state index contributed by atoms with van der Waals surface area (Å²) >= 11 is 7.63. The summed E-state index contributed by atoms with van der Waals surface area (Å²) in [6.45, 7) is 3.62. The highest BCUT2D eigenvalue weighted by molar-refractivity contribution is 7.22. The lowest BCUT2D eigenvalue weighted by Crippen LogP contribution is -2.37. The SMILES string of the molecule is CCOc1ccc2ccccc2c1C(=O)N(CCN(C)C)c1nc2ccc(Cl)cc2s1. The van der Waals surface area contributed by atoms with Gasteiger partial charge in [0.2, 0.25) is 0 Å². The van der Waals surface area contributed by atoms with Crippen molar-refractivity contribution in [3.63, 3.8) is 0 Å². The molecule has 0 saturated heterocycles. The molecule has 1 heterocycles. The molecule has 1 aromatic heterocycles. The number of thiazole rings is 1. The molecule has 0 aliphatic heterocycles. The van der Waals surface area contributed by atoms with Crippen molar-refractivity contribution in [1.82, 2.24) is 9.88 Å². The highest BCUT2D eigenvalue weighted by Gasteiger charge is 2.26. The molecule has 0 saturated carbocycles. The van der Waals surface area contributed by atoms with Crippen molar-refractivity contribution in [2.45, 2.75) is 6.92 Å². The minimum Gasteiger partial charge on any atom is -0.493 e. The number of anilines is 1. The lowest BCUT2D eigenvalue weighted by Gasteiger charge is -2.24. The number of halogens is 1. The van der Waals surface area contributed by atoms with E-state index in [-0.39, 0.29) is 5.91 Å². The molecule has 0 spiro atoms. The Bertz CT molecular complexity index is 1240. The van der Waals surface area contributed by atoms with Crippen LogP contribution in [0.25, 0.3) is 21.0 Å². The highest BCUT2D eigenvalue weighted by Crippen LogP contribution is 2.34. The van der Waals surface area contributed by atoms with Gasteiger partial charge in [-0.2, -0.15) is 0 Å². The first-order valence-electron chi connectivity index (χ1n) is 10.1. The van der Waals surface area contributed by atoms with Gasteiger partial charge in [0.05, 0.1) is 22.4 Å². The van der Waals surface area contributed by atoms with Gasteiger partial charge in [-0.1, -0.05) is 53.3 Å². The zero-order valence-electron chi connectivity index (χ0n) is 17.8. The molecule has 160 valence electrons. The molecule has 0 fully saturated rings. The van der Waals surface area contributed by atoms with Crippen molar-refractivity contribution >= 4 is 55.0 Å². The largest absolute Gasteiger partial charge is 0.493 e. The maximum atomic E-state index is 14.0. The van der Waals surface area contributed by atoms with E-state index in [1.54, 1.807) is 4.90 Å². The predicted molar refractivity (Wildman–Crippen MR) is 130 cm³/mol. The molecule has 0 aliphatic rings. The maximum absolute atomic E-state index is 14.0. The molecule has 1 amide bonds. The van der Waals surface area contributed by atoms with Crippen molar-refractivity contribution in [3.05, 3.63) is 65.2 Å². The average molecular weight is 454 g/mol. The lowest BCUT2D eigenvalue weighted by molar-refractivity contribution is 0.0983. The van der Waals surface area contributed by atoms with Crippen LogP contribution in [0.2, 0.25) is 5.02 Å². The van der Waals surface area contributed by atoms with Gasteiger partial charge in [0.15, 0.2) is 5.13 Å². The van der Waals surface area contributed by atoms with Gasteiger partial charge in [-0.25, -0.2) is 4.98 Å². The molecule has 0 bridgehead atoms. The summed E-state index contributed by atoms with van der Waals surface area (Å²) in [6.07, 6.45) is 0. The van der Waals surface area contributed by atoms with Crippen molar-refractivity contribution in [1.29, 1.82) is 0 Å². The summed E-state index contributed by atoms with van der Waals surface area (Å²) in [4.78, 5) is 22.5. The summed E-state index contributed by atoms with van der Waals surface area (Å²) < 4.78 is 6.81. The van der Waals surface area contributed by atoms with E-state index in [1.807, 2.05) is 75.6 Å². The minimum absolute atomic E-state index is 0.118. The zero-order valence-corrected chi connectivity index (χ0v) is 19.3. The van der Waals surface area contributed by atoms with Gasteiger partial charge in [-0.05, 0) is 56.1 Å². The Morgan fingerprint density at radius 1 is 1.10 bits per heavy atom. The standard InChI is InChI=1S/C24H24ClN3O2S/c1-4-30-20-12-9-16-7-5-6-8-18(16)22(20)23(29)28(14-13-27(2)3)24-26-19-11-10-17(25)15-21(19)31-24/h5-12,15H,4,13-14H2,1-3H3. The molecule has 31 heavy (non-hydrogen) atoms. The number of likely N-dealkylation sites (N-methyl/N-ethyl adjacent to an activating group) is 1. The third-order valence-electron chi connectivity index (χ3n) is 4.99. The molecule has 7 heteroatoms. The van der Waals surface area contributed by atoms with Gasteiger partial charge in [0.1, 0.15) is 5.75 Å². The Balaban J connectivity index is 1.85. The van der Waals surface area contributed by atoms with Gasteiger partial charge in [-0.15, -0.1) is 0 Å². The quantitative estimate of drug-likeness (QED) is 0.359. The smallest absolute Gasteiger partial charge is 0.264 e. The summed E-state index contributed by atoms with van der Waals surface area (Å²) in [6, 6.07) is 17.3. The fourth-order valence-electron chi connectivity index (χ4n) is 3.47. The molecule has 0 N–H and O–H groups in total. The van der Waals surface area contributed by atoms with Gasteiger partial charge in [0, 0.05) is 18.1 Å². The number of rotatable bonds is 7. The van der Waals surface area contributed by atoms with Crippen LogP contribution in [0.15, 0.2) is 54.6 Å². The number of nitrogens with zero attached hydrogens (tertiary/aromatic N) is 3. The van der Waals surface area contributed by atoms with Gasteiger partial charge < -0.3 is 9.64 Å². The van der Waals surface area contributed by atoms with Crippen LogP contribution in [0, 0.1) is 0 Å². The molecule has 0 unspecified atom stereocenters. The van der Waals surface area contributed by atoms with E-state index >= 15 is 0 Å². The van der Waals surface area contributed by atoms with Crippen LogP contribution < -0.4 is 9.64 Å². The molecule has 3 aromatic carbocycles. The summed E-state index contributed by atoms with van der Waals surface area (Å²) in [5.74, 6) is 0.470. The molecule has 5 nitrogen and oxygen atoms in total. The topological polar surface area (TPSA) is 45.7 Å². The van der Waals surface area contributed by atoms with Crippen LogP contribution in [0.3, 0.4) is 0 Å². The summed E-state index contributed by atoms with van der Waals surface area (Å²) in [5.41, 5.74) is 1.39. The van der Waals surface area contributed by atoms with Gasteiger partial charge in [-0.3, -0.25) is 9.69 Å². The normalized spacial score (nSPS) is 11.4. The van der Waals surface area contributed by atoms with Gasteiger partial charge in [0.25, 0.3) is 5.91 Å². The number of aromatic nitrogens is 1. The summed E-state index contributed by atoms with van der Waals surface area (Å²) in [5, 5.41) is 3.18. The Morgan fingerprint density at radius 3 is 2.68 bits per heavy atom.